The monoisotopic (exact) mass is 359 g/mol. The van der Waals surface area contributed by atoms with Crippen LogP contribution in [-0.2, 0) is 5.75 Å². The molecule has 0 N–H and O–H groups in total. The number of thioether (sulfide) groups is 1. The van der Waals surface area contributed by atoms with Crippen LogP contribution in [-0.4, -0.2) is 15.1 Å². The largest absolute Gasteiger partial charge is 0.451 e. The Morgan fingerprint density at radius 3 is 2.69 bits per heavy atom. The van der Waals surface area contributed by atoms with Crippen LogP contribution in [0.1, 0.15) is 5.69 Å². The van der Waals surface area contributed by atoms with Crippen molar-refractivity contribution in [2.75, 3.05) is 0 Å². The average Bonchev–Trinajstić information content (AvgIpc) is 3.32. The Balaban J connectivity index is 1.43. The Labute approximate surface area is 153 Å². The van der Waals surface area contributed by atoms with Gasteiger partial charge in [0.05, 0.1) is 5.69 Å². The molecule has 126 valence electrons. The van der Waals surface area contributed by atoms with Crippen LogP contribution in [0.3, 0.4) is 0 Å². The first-order valence-corrected chi connectivity index (χ1v) is 9.13. The van der Waals surface area contributed by atoms with Crippen LogP contribution in [0, 0.1) is 0 Å². The lowest BCUT2D eigenvalue weighted by Crippen LogP contribution is -1.86. The molecule has 0 aliphatic heterocycles. The van der Waals surface area contributed by atoms with E-state index in [0.717, 1.165) is 38.5 Å². The number of fused-ring (bicyclic) bond motifs is 3. The van der Waals surface area contributed by atoms with E-state index >= 15 is 0 Å². The zero-order valence-electron chi connectivity index (χ0n) is 13.6. The average molecular weight is 359 g/mol. The van der Waals surface area contributed by atoms with Crippen molar-refractivity contribution in [2.24, 2.45) is 0 Å². The van der Waals surface area contributed by atoms with Gasteiger partial charge in [0.15, 0.2) is 11.3 Å². The van der Waals surface area contributed by atoms with Crippen LogP contribution in [0.25, 0.3) is 33.4 Å². The minimum atomic E-state index is 0.638. The molecule has 0 bridgehead atoms. The van der Waals surface area contributed by atoms with E-state index in [1.165, 1.54) is 0 Å². The van der Waals surface area contributed by atoms with Gasteiger partial charge in [0, 0.05) is 22.8 Å². The molecule has 5 rings (SSSR count). The number of furan rings is 1. The molecule has 0 saturated heterocycles. The highest BCUT2D eigenvalue weighted by atomic mass is 32.2. The molecule has 0 aliphatic rings. The molecule has 0 unspecified atom stereocenters. The molecule has 3 heterocycles. The van der Waals surface area contributed by atoms with Gasteiger partial charge in [0.2, 0.25) is 0 Å². The van der Waals surface area contributed by atoms with Crippen molar-refractivity contribution in [3.05, 3.63) is 72.7 Å². The third-order valence-electron chi connectivity index (χ3n) is 4.10. The van der Waals surface area contributed by atoms with Crippen molar-refractivity contribution >= 4 is 33.8 Å². The van der Waals surface area contributed by atoms with Crippen molar-refractivity contribution in [3.8, 4) is 11.3 Å². The van der Waals surface area contributed by atoms with Crippen LogP contribution >= 0.6 is 11.8 Å². The molecule has 3 aromatic heterocycles. The summed E-state index contributed by atoms with van der Waals surface area (Å²) in [6.07, 6.45) is 1.57. The first-order valence-electron chi connectivity index (χ1n) is 8.14. The van der Waals surface area contributed by atoms with E-state index in [1.807, 2.05) is 60.7 Å². The molecule has 0 saturated carbocycles. The summed E-state index contributed by atoms with van der Waals surface area (Å²) in [7, 11) is 0. The van der Waals surface area contributed by atoms with Gasteiger partial charge in [0.25, 0.3) is 0 Å². The summed E-state index contributed by atoms with van der Waals surface area (Å²) in [5.41, 5.74) is 4.24. The van der Waals surface area contributed by atoms with E-state index in [9.17, 15) is 0 Å². The molecule has 5 nitrogen and oxygen atoms in total. The summed E-state index contributed by atoms with van der Waals surface area (Å²) in [6.45, 7) is 0. The fourth-order valence-corrected chi connectivity index (χ4v) is 3.68. The summed E-state index contributed by atoms with van der Waals surface area (Å²) in [5.74, 6) is 1.40. The molecular formula is C20H13N3O2S. The van der Waals surface area contributed by atoms with Crippen LogP contribution in [0.2, 0.25) is 0 Å². The molecule has 0 atom stereocenters. The van der Waals surface area contributed by atoms with E-state index in [-0.39, 0.29) is 0 Å². The fraction of sp³-hybridized carbons (Fsp3) is 0.0500. The second-order valence-corrected chi connectivity index (χ2v) is 6.76. The molecular weight excluding hydrogens is 346 g/mol. The number of para-hydroxylation sites is 1. The first kappa shape index (κ1) is 15.2. The third kappa shape index (κ3) is 2.64. The summed E-state index contributed by atoms with van der Waals surface area (Å²) in [5, 5.41) is 5.96. The van der Waals surface area contributed by atoms with Crippen LogP contribution in [0.5, 0.6) is 0 Å². The molecule has 0 amide bonds. The number of aromatic nitrogens is 3. The second-order valence-electron chi connectivity index (χ2n) is 5.79. The first-order chi connectivity index (χ1) is 12.9. The Kier molecular flexibility index (Phi) is 3.68. The fourth-order valence-electron chi connectivity index (χ4n) is 2.87. The Hall–Kier alpha value is -3.12. The van der Waals surface area contributed by atoms with Gasteiger partial charge in [-0.2, -0.15) is 0 Å². The van der Waals surface area contributed by atoms with E-state index in [1.54, 1.807) is 18.1 Å². The molecule has 0 fully saturated rings. The highest BCUT2D eigenvalue weighted by Crippen LogP contribution is 2.33. The number of hydrogen-bond donors (Lipinski definition) is 0. The SMILES string of the molecule is c1ccc(-c2cc(CSc3ncnc4c3oc3ccccc34)no2)cc1. The number of hydrogen-bond acceptors (Lipinski definition) is 6. The van der Waals surface area contributed by atoms with Crippen molar-refractivity contribution < 1.29 is 8.94 Å². The number of benzene rings is 2. The lowest BCUT2D eigenvalue weighted by molar-refractivity contribution is 0.426. The van der Waals surface area contributed by atoms with E-state index < -0.39 is 0 Å². The standard InChI is InChI=1S/C20H13N3O2S/c1-2-6-13(7-3-1)17-10-14(23-25-17)11-26-20-19-18(21-12-22-20)15-8-4-5-9-16(15)24-19/h1-10,12H,11H2. The topological polar surface area (TPSA) is 65.0 Å². The van der Waals surface area contributed by atoms with Crippen LogP contribution < -0.4 is 0 Å². The van der Waals surface area contributed by atoms with Gasteiger partial charge in [-0.3, -0.25) is 0 Å². The molecule has 0 radical (unpaired) electrons. The second kappa shape index (κ2) is 6.31. The highest BCUT2D eigenvalue weighted by Gasteiger charge is 2.14. The number of rotatable bonds is 4. The molecule has 0 aliphatic carbocycles. The Bertz CT molecular complexity index is 1200. The summed E-state index contributed by atoms with van der Waals surface area (Å²) >= 11 is 1.56. The molecule has 6 heteroatoms. The normalized spacial score (nSPS) is 11.4. The minimum Gasteiger partial charge on any atom is -0.451 e. The summed E-state index contributed by atoms with van der Waals surface area (Å²) in [4.78, 5) is 8.76. The Morgan fingerprint density at radius 2 is 1.77 bits per heavy atom. The minimum absolute atomic E-state index is 0.638. The third-order valence-corrected chi connectivity index (χ3v) is 5.10. The zero-order chi connectivity index (χ0) is 17.3. The van der Waals surface area contributed by atoms with Gasteiger partial charge in [-0.25, -0.2) is 9.97 Å². The van der Waals surface area contributed by atoms with Crippen molar-refractivity contribution in [1.82, 2.24) is 15.1 Å². The van der Waals surface area contributed by atoms with Gasteiger partial charge in [-0.05, 0) is 12.1 Å². The predicted octanol–water partition coefficient (Wildman–Crippen LogP) is 5.32. The van der Waals surface area contributed by atoms with Gasteiger partial charge < -0.3 is 8.94 Å². The maximum absolute atomic E-state index is 5.96. The van der Waals surface area contributed by atoms with E-state index in [2.05, 4.69) is 15.1 Å². The summed E-state index contributed by atoms with van der Waals surface area (Å²) < 4.78 is 11.4. The van der Waals surface area contributed by atoms with Crippen molar-refractivity contribution in [1.29, 1.82) is 0 Å². The van der Waals surface area contributed by atoms with Gasteiger partial charge in [0.1, 0.15) is 22.5 Å². The van der Waals surface area contributed by atoms with Crippen LogP contribution in [0.15, 0.2) is 81.0 Å². The number of nitrogens with zero attached hydrogens (tertiary/aromatic N) is 3. The molecule has 2 aromatic carbocycles. The van der Waals surface area contributed by atoms with Gasteiger partial charge in [-0.15, -0.1) is 0 Å². The zero-order valence-corrected chi connectivity index (χ0v) is 14.4. The van der Waals surface area contributed by atoms with Gasteiger partial charge in [-0.1, -0.05) is 59.4 Å². The van der Waals surface area contributed by atoms with Gasteiger partial charge >= 0.3 is 0 Å². The quantitative estimate of drug-likeness (QED) is 0.319. The molecule has 5 aromatic rings. The summed E-state index contributed by atoms with van der Waals surface area (Å²) in [6, 6.07) is 19.8. The highest BCUT2D eigenvalue weighted by molar-refractivity contribution is 7.98. The lowest BCUT2D eigenvalue weighted by Gasteiger charge is -1.98. The lowest BCUT2D eigenvalue weighted by atomic mass is 10.2. The van der Waals surface area contributed by atoms with E-state index in [4.69, 9.17) is 8.94 Å². The van der Waals surface area contributed by atoms with Crippen molar-refractivity contribution in [3.63, 3.8) is 0 Å². The van der Waals surface area contributed by atoms with Crippen LogP contribution in [0.4, 0.5) is 0 Å². The maximum atomic E-state index is 5.96. The molecule has 0 spiro atoms. The maximum Gasteiger partial charge on any atom is 0.186 e. The smallest absolute Gasteiger partial charge is 0.186 e. The predicted molar refractivity (Wildman–Crippen MR) is 101 cm³/mol. The molecule has 26 heavy (non-hydrogen) atoms. The van der Waals surface area contributed by atoms with E-state index in [0.29, 0.717) is 11.3 Å². The van der Waals surface area contributed by atoms with Crippen molar-refractivity contribution in [2.45, 2.75) is 10.8 Å². The Morgan fingerprint density at radius 1 is 0.923 bits per heavy atom.